The van der Waals surface area contributed by atoms with Crippen LogP contribution >= 0.6 is 0 Å². The van der Waals surface area contributed by atoms with Gasteiger partial charge in [0.15, 0.2) is 11.3 Å². The van der Waals surface area contributed by atoms with Crippen molar-refractivity contribution in [1.82, 2.24) is 0 Å². The molecule has 5 aromatic rings. The number of fused-ring (bicyclic) bond motifs is 2. The molecule has 6 heteroatoms. The number of esters is 1. The molecular formula is C29H24O6. The van der Waals surface area contributed by atoms with E-state index in [0.29, 0.717) is 44.9 Å². The van der Waals surface area contributed by atoms with Crippen molar-refractivity contribution in [3.63, 3.8) is 0 Å². The Balaban J connectivity index is 1.77. The Kier molecular flexibility index (Phi) is 5.44. The van der Waals surface area contributed by atoms with E-state index in [1.165, 1.54) is 6.07 Å². The average molecular weight is 469 g/mol. The van der Waals surface area contributed by atoms with Gasteiger partial charge in [0, 0.05) is 28.0 Å². The Morgan fingerprint density at radius 2 is 1.60 bits per heavy atom. The number of benzene rings is 3. The summed E-state index contributed by atoms with van der Waals surface area (Å²) in [5.41, 5.74) is 1.71. The molecule has 3 aromatic carbocycles. The first-order valence-electron chi connectivity index (χ1n) is 11.2. The predicted octanol–water partition coefficient (Wildman–Crippen LogP) is 6.83. The summed E-state index contributed by atoms with van der Waals surface area (Å²) in [4.78, 5) is 25.4. The smallest absolute Gasteiger partial charge is 0.336 e. The van der Waals surface area contributed by atoms with Gasteiger partial charge in [0.1, 0.15) is 17.1 Å². The Hall–Kier alpha value is -4.32. The SMILES string of the molecule is COc1cccc2cc(-c3cc(=O)oc4cc(-c5ccccc5)c(OC(=O)C(C)(C)C)cc34)oc12. The maximum absolute atomic E-state index is 12.8. The quantitative estimate of drug-likeness (QED) is 0.163. The van der Waals surface area contributed by atoms with Crippen LogP contribution in [0.4, 0.5) is 0 Å². The summed E-state index contributed by atoms with van der Waals surface area (Å²) < 4.78 is 23.0. The number of hydrogen-bond donors (Lipinski definition) is 0. The van der Waals surface area contributed by atoms with E-state index >= 15 is 0 Å². The normalized spacial score (nSPS) is 11.7. The minimum absolute atomic E-state index is 0.356. The summed E-state index contributed by atoms with van der Waals surface area (Å²) >= 11 is 0. The Morgan fingerprint density at radius 1 is 0.829 bits per heavy atom. The van der Waals surface area contributed by atoms with Gasteiger partial charge in [0.25, 0.3) is 0 Å². The minimum atomic E-state index is -0.704. The van der Waals surface area contributed by atoms with E-state index in [0.717, 1.165) is 10.9 Å². The molecule has 0 saturated heterocycles. The Morgan fingerprint density at radius 3 is 2.31 bits per heavy atom. The zero-order valence-corrected chi connectivity index (χ0v) is 19.9. The molecular weight excluding hydrogens is 444 g/mol. The fourth-order valence-electron chi connectivity index (χ4n) is 3.90. The number of hydrogen-bond acceptors (Lipinski definition) is 6. The number of methoxy groups -OCH3 is 1. The summed E-state index contributed by atoms with van der Waals surface area (Å²) in [6.45, 7) is 5.39. The third kappa shape index (κ3) is 4.19. The van der Waals surface area contributed by atoms with Crippen LogP contribution in [0.3, 0.4) is 0 Å². The Bertz CT molecular complexity index is 1620. The summed E-state index contributed by atoms with van der Waals surface area (Å²) in [5.74, 6) is 1.06. The van der Waals surface area contributed by atoms with Gasteiger partial charge in [0.05, 0.1) is 12.5 Å². The van der Waals surface area contributed by atoms with Gasteiger partial charge in [-0.15, -0.1) is 0 Å². The van der Waals surface area contributed by atoms with Gasteiger partial charge in [-0.2, -0.15) is 0 Å². The van der Waals surface area contributed by atoms with Gasteiger partial charge >= 0.3 is 11.6 Å². The number of carbonyl (C=O) groups excluding carboxylic acids is 1. The predicted molar refractivity (Wildman–Crippen MR) is 135 cm³/mol. The molecule has 0 amide bonds. The fourth-order valence-corrected chi connectivity index (χ4v) is 3.90. The molecule has 0 fully saturated rings. The van der Waals surface area contributed by atoms with E-state index < -0.39 is 11.0 Å². The molecule has 0 aliphatic heterocycles. The van der Waals surface area contributed by atoms with Gasteiger partial charge in [-0.3, -0.25) is 4.79 Å². The molecule has 0 aliphatic carbocycles. The van der Waals surface area contributed by atoms with Crippen LogP contribution in [-0.2, 0) is 4.79 Å². The summed E-state index contributed by atoms with van der Waals surface area (Å²) in [6, 6.07) is 21.8. The highest BCUT2D eigenvalue weighted by atomic mass is 16.5. The van der Waals surface area contributed by atoms with E-state index in [2.05, 4.69) is 0 Å². The number of para-hydroxylation sites is 1. The van der Waals surface area contributed by atoms with Crippen LogP contribution < -0.4 is 15.1 Å². The van der Waals surface area contributed by atoms with Crippen molar-refractivity contribution in [2.24, 2.45) is 5.41 Å². The molecule has 6 nitrogen and oxygen atoms in total. The van der Waals surface area contributed by atoms with Crippen molar-refractivity contribution < 1.29 is 23.1 Å². The lowest BCUT2D eigenvalue weighted by Gasteiger charge is -2.19. The number of furan rings is 1. The molecule has 5 rings (SSSR count). The lowest BCUT2D eigenvalue weighted by Crippen LogP contribution is -2.25. The first kappa shape index (κ1) is 22.5. The second-order valence-electron chi connectivity index (χ2n) is 9.32. The lowest BCUT2D eigenvalue weighted by atomic mass is 9.96. The molecule has 2 aromatic heterocycles. The van der Waals surface area contributed by atoms with E-state index in [4.69, 9.17) is 18.3 Å². The van der Waals surface area contributed by atoms with Crippen LogP contribution in [0.2, 0.25) is 0 Å². The fraction of sp³-hybridized carbons (Fsp3) is 0.172. The topological polar surface area (TPSA) is 78.9 Å². The molecule has 0 unspecified atom stereocenters. The molecule has 2 heterocycles. The van der Waals surface area contributed by atoms with Gasteiger partial charge in [0.2, 0.25) is 0 Å². The van der Waals surface area contributed by atoms with Crippen molar-refractivity contribution in [2.45, 2.75) is 20.8 Å². The summed E-state index contributed by atoms with van der Waals surface area (Å²) in [5, 5.41) is 1.42. The van der Waals surface area contributed by atoms with E-state index in [1.807, 2.05) is 54.6 Å². The van der Waals surface area contributed by atoms with Crippen LogP contribution in [0.15, 0.2) is 86.4 Å². The molecule has 0 atom stereocenters. The monoisotopic (exact) mass is 468 g/mol. The van der Waals surface area contributed by atoms with Gasteiger partial charge in [-0.25, -0.2) is 4.79 Å². The second-order valence-corrected chi connectivity index (χ2v) is 9.32. The van der Waals surface area contributed by atoms with Crippen LogP contribution in [0.1, 0.15) is 20.8 Å². The Labute approximate surface area is 201 Å². The average Bonchev–Trinajstić information content (AvgIpc) is 3.27. The lowest BCUT2D eigenvalue weighted by molar-refractivity contribution is -0.142. The molecule has 0 N–H and O–H groups in total. The molecule has 0 aliphatic rings. The van der Waals surface area contributed by atoms with Crippen LogP contribution in [0.5, 0.6) is 11.5 Å². The van der Waals surface area contributed by atoms with Crippen LogP contribution in [0, 0.1) is 5.41 Å². The first-order valence-corrected chi connectivity index (χ1v) is 11.2. The maximum atomic E-state index is 12.8. The van der Waals surface area contributed by atoms with E-state index in [9.17, 15) is 9.59 Å². The van der Waals surface area contributed by atoms with E-state index in [-0.39, 0.29) is 5.97 Å². The van der Waals surface area contributed by atoms with Crippen molar-refractivity contribution in [2.75, 3.05) is 7.11 Å². The van der Waals surface area contributed by atoms with Crippen molar-refractivity contribution >= 4 is 27.9 Å². The van der Waals surface area contributed by atoms with Crippen molar-refractivity contribution in [3.05, 3.63) is 83.2 Å². The standard InChI is InChI=1S/C29H24O6/c1-29(2,3)28(31)35-24-15-20-21(23-13-18-11-8-12-22(32-4)27(18)34-23)16-26(30)33-25(20)14-19(24)17-9-6-5-7-10-17/h5-16H,1-4H3. The molecule has 0 saturated carbocycles. The molecule has 35 heavy (non-hydrogen) atoms. The van der Waals surface area contributed by atoms with E-state index in [1.54, 1.807) is 40.0 Å². The van der Waals surface area contributed by atoms with Gasteiger partial charge in [-0.1, -0.05) is 42.5 Å². The summed E-state index contributed by atoms with van der Waals surface area (Å²) in [7, 11) is 1.57. The second kappa shape index (κ2) is 8.47. The highest BCUT2D eigenvalue weighted by Gasteiger charge is 2.26. The molecule has 0 bridgehead atoms. The largest absolute Gasteiger partial charge is 0.493 e. The third-order valence-corrected chi connectivity index (χ3v) is 5.74. The van der Waals surface area contributed by atoms with Crippen molar-refractivity contribution in [1.29, 1.82) is 0 Å². The van der Waals surface area contributed by atoms with Crippen LogP contribution in [0.25, 0.3) is 44.4 Å². The maximum Gasteiger partial charge on any atom is 0.336 e. The van der Waals surface area contributed by atoms with Crippen LogP contribution in [-0.4, -0.2) is 13.1 Å². The van der Waals surface area contributed by atoms with Crippen molar-refractivity contribution in [3.8, 4) is 33.9 Å². The number of ether oxygens (including phenoxy) is 2. The minimum Gasteiger partial charge on any atom is -0.493 e. The summed E-state index contributed by atoms with van der Waals surface area (Å²) in [6.07, 6.45) is 0. The number of carbonyl (C=O) groups is 1. The highest BCUT2D eigenvalue weighted by molar-refractivity contribution is 5.99. The van der Waals surface area contributed by atoms with Gasteiger partial charge in [-0.05, 0) is 50.6 Å². The zero-order chi connectivity index (χ0) is 24.7. The van der Waals surface area contributed by atoms with Gasteiger partial charge < -0.3 is 18.3 Å². The molecule has 176 valence electrons. The highest BCUT2D eigenvalue weighted by Crippen LogP contribution is 2.40. The molecule has 0 radical (unpaired) electrons. The third-order valence-electron chi connectivity index (χ3n) is 5.74. The zero-order valence-electron chi connectivity index (χ0n) is 19.9. The molecule has 0 spiro atoms. The number of rotatable bonds is 4. The first-order chi connectivity index (χ1) is 16.7.